The number of phenolic OH excluding ortho intramolecular Hbond substituents is 1. The van der Waals surface area contributed by atoms with Gasteiger partial charge in [-0.05, 0) is 49.1 Å². The summed E-state index contributed by atoms with van der Waals surface area (Å²) in [6.07, 6.45) is 2.73. The van der Waals surface area contributed by atoms with E-state index in [0.717, 1.165) is 38.9 Å². The molecule has 0 spiro atoms. The van der Waals surface area contributed by atoms with E-state index in [0.29, 0.717) is 22.7 Å². The lowest BCUT2D eigenvalue weighted by molar-refractivity contribution is 0.0908. The van der Waals surface area contributed by atoms with Gasteiger partial charge in [0.25, 0.3) is 11.8 Å². The standard InChI is InChI=1S/C29H33N3O5/c1-36-24-16-21(17-25(19-24)37-2)28(34)31-23-8-9-26(27(33)18-23)29(35)30-22-11-14-32(15-12-22)13-10-20-6-4-3-5-7-20/h3-9,16-19,22,33H,10-15H2,1-2H3,(H,30,35)(H,31,34). The second-order valence-electron chi connectivity index (χ2n) is 9.11. The van der Waals surface area contributed by atoms with Crippen LogP contribution in [0.2, 0.25) is 0 Å². The Labute approximate surface area is 217 Å². The van der Waals surface area contributed by atoms with Gasteiger partial charge in [-0.1, -0.05) is 30.3 Å². The number of ether oxygens (including phenoxy) is 2. The summed E-state index contributed by atoms with van der Waals surface area (Å²) < 4.78 is 10.4. The van der Waals surface area contributed by atoms with E-state index < -0.39 is 5.91 Å². The minimum Gasteiger partial charge on any atom is -0.507 e. The molecule has 8 nitrogen and oxygen atoms in total. The van der Waals surface area contributed by atoms with Crippen molar-refractivity contribution < 1.29 is 24.2 Å². The summed E-state index contributed by atoms with van der Waals surface area (Å²) >= 11 is 0. The molecule has 3 aromatic rings. The first kappa shape index (κ1) is 26.0. The van der Waals surface area contributed by atoms with Gasteiger partial charge in [-0.15, -0.1) is 0 Å². The molecule has 3 N–H and O–H groups in total. The number of nitrogens with zero attached hydrogens (tertiary/aromatic N) is 1. The summed E-state index contributed by atoms with van der Waals surface area (Å²) in [5.41, 5.74) is 2.21. The second kappa shape index (κ2) is 12.3. The molecule has 1 aliphatic rings. The number of methoxy groups -OCH3 is 2. The van der Waals surface area contributed by atoms with Crippen LogP contribution in [0.3, 0.4) is 0 Å². The normalized spacial score (nSPS) is 14.1. The molecule has 4 rings (SSSR count). The molecule has 194 valence electrons. The lowest BCUT2D eigenvalue weighted by Gasteiger charge is -2.32. The van der Waals surface area contributed by atoms with Crippen molar-refractivity contribution in [3.63, 3.8) is 0 Å². The van der Waals surface area contributed by atoms with E-state index >= 15 is 0 Å². The third kappa shape index (κ3) is 7.01. The molecular weight excluding hydrogens is 470 g/mol. The smallest absolute Gasteiger partial charge is 0.255 e. The van der Waals surface area contributed by atoms with Crippen LogP contribution in [0.4, 0.5) is 5.69 Å². The first-order valence-corrected chi connectivity index (χ1v) is 12.4. The van der Waals surface area contributed by atoms with Crippen molar-refractivity contribution in [2.45, 2.75) is 25.3 Å². The summed E-state index contributed by atoms with van der Waals surface area (Å²) in [7, 11) is 3.02. The highest BCUT2D eigenvalue weighted by atomic mass is 16.5. The highest BCUT2D eigenvalue weighted by Gasteiger charge is 2.22. The number of benzene rings is 3. The van der Waals surface area contributed by atoms with Gasteiger partial charge in [0.15, 0.2) is 0 Å². The molecule has 1 aliphatic heterocycles. The molecule has 8 heteroatoms. The van der Waals surface area contributed by atoms with Crippen LogP contribution in [0.15, 0.2) is 66.7 Å². The number of carbonyl (C=O) groups excluding carboxylic acids is 2. The third-order valence-corrected chi connectivity index (χ3v) is 6.60. The van der Waals surface area contributed by atoms with Crippen LogP contribution in [-0.2, 0) is 6.42 Å². The van der Waals surface area contributed by atoms with Crippen LogP contribution in [0.5, 0.6) is 17.2 Å². The maximum absolute atomic E-state index is 12.8. The van der Waals surface area contributed by atoms with E-state index in [1.165, 1.54) is 31.9 Å². The van der Waals surface area contributed by atoms with Crippen molar-refractivity contribution in [3.8, 4) is 17.2 Å². The number of aromatic hydroxyl groups is 1. The van der Waals surface area contributed by atoms with E-state index in [1.807, 2.05) is 6.07 Å². The van der Waals surface area contributed by atoms with Crippen LogP contribution < -0.4 is 20.1 Å². The van der Waals surface area contributed by atoms with Crippen molar-refractivity contribution in [1.29, 1.82) is 0 Å². The molecule has 0 saturated carbocycles. The Kier molecular flexibility index (Phi) is 8.64. The molecule has 1 fully saturated rings. The fourth-order valence-electron chi connectivity index (χ4n) is 4.44. The number of nitrogens with one attached hydrogen (secondary N) is 2. The number of likely N-dealkylation sites (tertiary alicyclic amines) is 1. The van der Waals surface area contributed by atoms with E-state index in [2.05, 4.69) is 39.8 Å². The lowest BCUT2D eigenvalue weighted by atomic mass is 10.0. The summed E-state index contributed by atoms with van der Waals surface area (Å²) in [5.74, 6) is 0.0603. The fourth-order valence-corrected chi connectivity index (χ4v) is 4.44. The monoisotopic (exact) mass is 503 g/mol. The topological polar surface area (TPSA) is 100 Å². The van der Waals surface area contributed by atoms with Crippen LogP contribution in [0.1, 0.15) is 39.1 Å². The van der Waals surface area contributed by atoms with Crippen molar-refractivity contribution in [2.75, 3.05) is 39.2 Å². The summed E-state index contributed by atoms with van der Waals surface area (Å²) in [4.78, 5) is 28.0. The Bertz CT molecular complexity index is 1200. The van der Waals surface area contributed by atoms with Gasteiger partial charge in [-0.3, -0.25) is 9.59 Å². The zero-order chi connectivity index (χ0) is 26.2. The molecular formula is C29H33N3O5. The van der Waals surface area contributed by atoms with Crippen LogP contribution in [-0.4, -0.2) is 61.7 Å². The summed E-state index contributed by atoms with van der Waals surface area (Å²) in [5, 5.41) is 16.3. The third-order valence-electron chi connectivity index (χ3n) is 6.60. The van der Waals surface area contributed by atoms with Gasteiger partial charge < -0.3 is 30.1 Å². The van der Waals surface area contributed by atoms with Crippen LogP contribution in [0.25, 0.3) is 0 Å². The number of anilines is 1. The van der Waals surface area contributed by atoms with Gasteiger partial charge in [-0.2, -0.15) is 0 Å². The second-order valence-corrected chi connectivity index (χ2v) is 9.11. The molecule has 0 aliphatic carbocycles. The van der Waals surface area contributed by atoms with E-state index in [4.69, 9.17) is 9.47 Å². The van der Waals surface area contributed by atoms with Gasteiger partial charge in [-0.25, -0.2) is 0 Å². The van der Waals surface area contributed by atoms with Crippen molar-refractivity contribution in [2.24, 2.45) is 0 Å². The Morgan fingerprint density at radius 3 is 2.22 bits per heavy atom. The van der Waals surface area contributed by atoms with Gasteiger partial charge in [0, 0.05) is 49.1 Å². The molecule has 1 heterocycles. The number of carbonyl (C=O) groups is 2. The lowest BCUT2D eigenvalue weighted by Crippen LogP contribution is -2.45. The Morgan fingerprint density at radius 2 is 1.59 bits per heavy atom. The average Bonchev–Trinajstić information content (AvgIpc) is 2.92. The number of rotatable bonds is 9. The summed E-state index contributed by atoms with van der Waals surface area (Å²) in [6.45, 7) is 2.84. The Balaban J connectivity index is 1.29. The first-order chi connectivity index (χ1) is 17.9. The minimum atomic E-state index is -0.396. The predicted molar refractivity (Wildman–Crippen MR) is 143 cm³/mol. The van der Waals surface area contributed by atoms with Gasteiger partial charge in [0.05, 0.1) is 19.8 Å². The van der Waals surface area contributed by atoms with E-state index in [9.17, 15) is 14.7 Å². The highest BCUT2D eigenvalue weighted by molar-refractivity contribution is 6.05. The summed E-state index contributed by atoms with van der Waals surface area (Å²) in [6, 6.07) is 19.8. The zero-order valence-corrected chi connectivity index (χ0v) is 21.2. The molecule has 0 bridgehead atoms. The van der Waals surface area contributed by atoms with Crippen molar-refractivity contribution in [3.05, 3.63) is 83.4 Å². The first-order valence-electron chi connectivity index (χ1n) is 12.4. The molecule has 1 saturated heterocycles. The van der Waals surface area contributed by atoms with Crippen LogP contribution in [0, 0.1) is 0 Å². The quantitative estimate of drug-likeness (QED) is 0.407. The Hall–Kier alpha value is -4.04. The molecule has 0 aromatic heterocycles. The van der Waals surface area contributed by atoms with Crippen LogP contribution >= 0.6 is 0 Å². The maximum atomic E-state index is 12.8. The molecule has 37 heavy (non-hydrogen) atoms. The van der Waals surface area contributed by atoms with E-state index in [1.54, 1.807) is 24.3 Å². The van der Waals surface area contributed by atoms with Gasteiger partial charge in [0.1, 0.15) is 17.2 Å². The molecule has 0 radical (unpaired) electrons. The largest absolute Gasteiger partial charge is 0.507 e. The fraction of sp³-hybridized carbons (Fsp3) is 0.310. The molecule has 0 unspecified atom stereocenters. The maximum Gasteiger partial charge on any atom is 0.255 e. The SMILES string of the molecule is COc1cc(OC)cc(C(=O)Nc2ccc(C(=O)NC3CCN(CCc4ccccc4)CC3)c(O)c2)c1. The van der Waals surface area contributed by atoms with Crippen molar-refractivity contribution >= 4 is 17.5 Å². The zero-order valence-electron chi connectivity index (χ0n) is 21.2. The Morgan fingerprint density at radius 1 is 0.919 bits per heavy atom. The number of amides is 2. The molecule has 0 atom stereocenters. The van der Waals surface area contributed by atoms with Gasteiger partial charge in [0.2, 0.25) is 0 Å². The van der Waals surface area contributed by atoms with Gasteiger partial charge >= 0.3 is 0 Å². The molecule has 2 amide bonds. The molecule has 3 aromatic carbocycles. The number of hydrogen-bond acceptors (Lipinski definition) is 6. The van der Waals surface area contributed by atoms with E-state index in [-0.39, 0.29) is 23.3 Å². The predicted octanol–water partition coefficient (Wildman–Crippen LogP) is 4.10. The highest BCUT2D eigenvalue weighted by Crippen LogP contribution is 2.26. The minimum absolute atomic E-state index is 0.0577. The van der Waals surface area contributed by atoms with Crippen molar-refractivity contribution in [1.82, 2.24) is 10.2 Å². The average molecular weight is 504 g/mol. The number of piperidine rings is 1. The number of hydrogen-bond donors (Lipinski definition) is 3. The number of phenols is 1.